The van der Waals surface area contributed by atoms with Gasteiger partial charge in [-0.3, -0.25) is 9.67 Å². The fraction of sp³-hybridized carbons (Fsp3) is 0.250. The molecular weight excluding hydrogens is 312 g/mol. The molecule has 3 rings (SSSR count). The van der Waals surface area contributed by atoms with Gasteiger partial charge in [0, 0.05) is 31.4 Å². The number of nitrogens with one attached hydrogen (secondary N) is 1. The van der Waals surface area contributed by atoms with E-state index in [9.17, 15) is 0 Å². The fourth-order valence-electron chi connectivity index (χ4n) is 2.52. The lowest BCUT2D eigenvalue weighted by Crippen LogP contribution is -2.05. The highest BCUT2D eigenvalue weighted by molar-refractivity contribution is 7.71. The fourth-order valence-corrected chi connectivity index (χ4v) is 2.78. The average molecular weight is 330 g/mol. The molecule has 0 aliphatic carbocycles. The van der Waals surface area contributed by atoms with Gasteiger partial charge in [0.2, 0.25) is 0 Å². The minimum absolute atomic E-state index is 0.543. The Balaban J connectivity index is 2.05. The van der Waals surface area contributed by atoms with Crippen LogP contribution in [0.1, 0.15) is 11.5 Å². The van der Waals surface area contributed by atoms with Gasteiger partial charge >= 0.3 is 0 Å². The van der Waals surface area contributed by atoms with E-state index >= 15 is 0 Å². The monoisotopic (exact) mass is 330 g/mol. The standard InChI is InChI=1S/C16H18N4O2S/c1-19-8-4-5-11(19)10-15-17-18-16(23)20(15)12-6-7-13(21-2)14(9-12)22-3/h4-9H,10H2,1-3H3,(H,18,23). The molecule has 0 fully saturated rings. The predicted octanol–water partition coefficient (Wildman–Crippen LogP) is 2.88. The Labute approximate surface area is 139 Å². The maximum absolute atomic E-state index is 5.39. The summed E-state index contributed by atoms with van der Waals surface area (Å²) in [4.78, 5) is 0. The Morgan fingerprint density at radius 3 is 2.61 bits per heavy atom. The van der Waals surface area contributed by atoms with Crippen LogP contribution in [-0.4, -0.2) is 33.6 Å². The van der Waals surface area contributed by atoms with Gasteiger partial charge in [0.25, 0.3) is 0 Å². The Morgan fingerprint density at radius 1 is 1.17 bits per heavy atom. The van der Waals surface area contributed by atoms with Crippen molar-refractivity contribution in [2.24, 2.45) is 7.05 Å². The molecule has 0 bridgehead atoms. The van der Waals surface area contributed by atoms with Crippen LogP contribution in [0.3, 0.4) is 0 Å². The van der Waals surface area contributed by atoms with Crippen LogP contribution < -0.4 is 9.47 Å². The van der Waals surface area contributed by atoms with E-state index in [-0.39, 0.29) is 0 Å². The van der Waals surface area contributed by atoms with Crippen LogP contribution >= 0.6 is 12.2 Å². The summed E-state index contributed by atoms with van der Waals surface area (Å²) in [7, 11) is 5.24. The van der Waals surface area contributed by atoms with Gasteiger partial charge in [-0.1, -0.05) is 0 Å². The predicted molar refractivity (Wildman–Crippen MR) is 90.1 cm³/mol. The van der Waals surface area contributed by atoms with Gasteiger partial charge in [0.05, 0.1) is 19.9 Å². The van der Waals surface area contributed by atoms with E-state index < -0.39 is 0 Å². The highest BCUT2D eigenvalue weighted by Gasteiger charge is 2.13. The van der Waals surface area contributed by atoms with Crippen LogP contribution in [0.15, 0.2) is 36.5 Å². The summed E-state index contributed by atoms with van der Waals surface area (Å²) in [5, 5.41) is 7.23. The molecule has 6 nitrogen and oxygen atoms in total. The minimum atomic E-state index is 0.543. The van der Waals surface area contributed by atoms with E-state index in [1.165, 1.54) is 0 Å². The molecule has 23 heavy (non-hydrogen) atoms. The zero-order valence-corrected chi connectivity index (χ0v) is 14.1. The first-order valence-corrected chi connectivity index (χ1v) is 7.53. The molecule has 1 aromatic carbocycles. The van der Waals surface area contributed by atoms with Gasteiger partial charge in [0.15, 0.2) is 16.3 Å². The van der Waals surface area contributed by atoms with Gasteiger partial charge in [0.1, 0.15) is 5.82 Å². The Morgan fingerprint density at radius 2 is 1.96 bits per heavy atom. The van der Waals surface area contributed by atoms with Crippen molar-refractivity contribution in [3.63, 3.8) is 0 Å². The third-order valence-electron chi connectivity index (χ3n) is 3.76. The lowest BCUT2D eigenvalue weighted by molar-refractivity contribution is 0.355. The van der Waals surface area contributed by atoms with Crippen LogP contribution in [0.4, 0.5) is 0 Å². The number of rotatable bonds is 5. The molecule has 2 heterocycles. The lowest BCUT2D eigenvalue weighted by atomic mass is 10.2. The molecule has 0 saturated heterocycles. The van der Waals surface area contributed by atoms with Crippen LogP contribution in [0.25, 0.3) is 5.69 Å². The van der Waals surface area contributed by atoms with Crippen LogP contribution in [0.2, 0.25) is 0 Å². The van der Waals surface area contributed by atoms with E-state index in [1.807, 2.05) is 42.1 Å². The Bertz CT molecular complexity index is 878. The van der Waals surface area contributed by atoms with Crippen LogP contribution in [-0.2, 0) is 13.5 Å². The van der Waals surface area contributed by atoms with Crippen molar-refractivity contribution < 1.29 is 9.47 Å². The molecule has 0 saturated carbocycles. The first-order chi connectivity index (χ1) is 11.1. The second kappa shape index (κ2) is 6.29. The van der Waals surface area contributed by atoms with Gasteiger partial charge in [-0.15, -0.1) is 0 Å². The van der Waals surface area contributed by atoms with Gasteiger partial charge in [-0.25, -0.2) is 0 Å². The summed E-state index contributed by atoms with van der Waals surface area (Å²) in [6, 6.07) is 9.75. The number of nitrogens with zero attached hydrogens (tertiary/aromatic N) is 3. The maximum Gasteiger partial charge on any atom is 0.199 e. The highest BCUT2D eigenvalue weighted by atomic mass is 32.1. The van der Waals surface area contributed by atoms with E-state index in [1.54, 1.807) is 14.2 Å². The smallest absolute Gasteiger partial charge is 0.199 e. The second-order valence-electron chi connectivity index (χ2n) is 5.11. The molecule has 3 aromatic rings. The van der Waals surface area contributed by atoms with Crippen molar-refractivity contribution in [3.05, 3.63) is 52.8 Å². The molecule has 0 spiro atoms. The minimum Gasteiger partial charge on any atom is -0.493 e. The zero-order chi connectivity index (χ0) is 16.4. The maximum atomic E-state index is 5.39. The number of ether oxygens (including phenoxy) is 2. The summed E-state index contributed by atoms with van der Waals surface area (Å²) in [5.41, 5.74) is 2.03. The summed E-state index contributed by atoms with van der Waals surface area (Å²) < 4.78 is 15.2. The normalized spacial score (nSPS) is 10.7. The summed E-state index contributed by atoms with van der Waals surface area (Å²) in [6.07, 6.45) is 2.68. The second-order valence-corrected chi connectivity index (χ2v) is 5.49. The average Bonchev–Trinajstić information content (AvgIpc) is 3.13. The quantitative estimate of drug-likeness (QED) is 0.731. The molecule has 0 amide bonds. The molecule has 0 aliphatic heterocycles. The van der Waals surface area contributed by atoms with Crippen molar-refractivity contribution in [3.8, 4) is 17.2 Å². The molecule has 0 atom stereocenters. The summed E-state index contributed by atoms with van der Waals surface area (Å²) in [5.74, 6) is 2.16. The van der Waals surface area contributed by atoms with E-state index in [0.29, 0.717) is 22.7 Å². The summed E-state index contributed by atoms with van der Waals surface area (Å²) in [6.45, 7) is 0. The van der Waals surface area contributed by atoms with Gasteiger partial charge in [-0.05, 0) is 36.5 Å². The number of hydrogen-bond donors (Lipinski definition) is 1. The van der Waals surface area contributed by atoms with Gasteiger partial charge in [-0.2, -0.15) is 5.10 Å². The number of hydrogen-bond acceptors (Lipinski definition) is 4. The van der Waals surface area contributed by atoms with Crippen LogP contribution in [0.5, 0.6) is 11.5 Å². The topological polar surface area (TPSA) is 57.0 Å². The third kappa shape index (κ3) is 2.87. The molecule has 1 N–H and O–H groups in total. The number of aromatic amines is 1. The highest BCUT2D eigenvalue weighted by Crippen LogP contribution is 2.29. The molecular formula is C16H18N4O2S. The first-order valence-electron chi connectivity index (χ1n) is 7.13. The number of aryl methyl sites for hydroxylation is 1. The first kappa shape index (κ1) is 15.4. The molecule has 7 heteroatoms. The van der Waals surface area contributed by atoms with Crippen LogP contribution in [0, 0.1) is 4.77 Å². The molecule has 0 aliphatic rings. The number of H-pyrrole nitrogens is 1. The largest absolute Gasteiger partial charge is 0.493 e. The lowest BCUT2D eigenvalue weighted by Gasteiger charge is -2.12. The van der Waals surface area contributed by atoms with Crippen molar-refractivity contribution in [1.29, 1.82) is 0 Å². The number of aromatic nitrogens is 4. The molecule has 0 unspecified atom stereocenters. The van der Waals surface area contributed by atoms with E-state index in [2.05, 4.69) is 20.8 Å². The summed E-state index contributed by atoms with van der Waals surface area (Å²) >= 11 is 5.39. The molecule has 0 radical (unpaired) electrons. The van der Waals surface area contributed by atoms with E-state index in [0.717, 1.165) is 17.2 Å². The SMILES string of the molecule is COc1ccc(-n2c(Cc3cccn3C)n[nH]c2=S)cc1OC. The molecule has 2 aromatic heterocycles. The number of methoxy groups -OCH3 is 2. The Kier molecular flexibility index (Phi) is 4.20. The third-order valence-corrected chi connectivity index (χ3v) is 4.03. The van der Waals surface area contributed by atoms with Crippen molar-refractivity contribution in [1.82, 2.24) is 19.3 Å². The van der Waals surface area contributed by atoms with Crippen molar-refractivity contribution in [2.75, 3.05) is 14.2 Å². The van der Waals surface area contributed by atoms with E-state index in [4.69, 9.17) is 21.7 Å². The Hall–Kier alpha value is -2.54. The van der Waals surface area contributed by atoms with Crippen molar-refractivity contribution >= 4 is 12.2 Å². The number of benzene rings is 1. The van der Waals surface area contributed by atoms with Crippen molar-refractivity contribution in [2.45, 2.75) is 6.42 Å². The zero-order valence-electron chi connectivity index (χ0n) is 13.2. The van der Waals surface area contributed by atoms with Gasteiger partial charge < -0.3 is 14.0 Å². The molecule has 120 valence electrons.